The number of thiophene rings is 1. The fourth-order valence-electron chi connectivity index (χ4n) is 2.98. The fraction of sp³-hybridized carbons (Fsp3) is 0.263. The number of carbonyl (C=O) groups is 1. The maximum atomic E-state index is 14.1. The SMILES string of the molecule is CC(C)c1csc2c1c(O)c(C(=O)N(C)c1ccc(F)cc1F)c(=O)n2C. The first-order chi connectivity index (χ1) is 12.6. The van der Waals surface area contributed by atoms with Crippen LogP contribution in [0.2, 0.25) is 0 Å². The molecular formula is C19H18F2N2O3S. The lowest BCUT2D eigenvalue weighted by Crippen LogP contribution is -2.34. The topological polar surface area (TPSA) is 62.5 Å². The number of anilines is 1. The van der Waals surface area contributed by atoms with Gasteiger partial charge in [0.2, 0.25) is 0 Å². The Morgan fingerprint density at radius 2 is 1.96 bits per heavy atom. The summed E-state index contributed by atoms with van der Waals surface area (Å²) in [7, 11) is 2.78. The lowest BCUT2D eigenvalue weighted by atomic mass is 10.0. The quantitative estimate of drug-likeness (QED) is 0.733. The van der Waals surface area contributed by atoms with Crippen molar-refractivity contribution >= 4 is 33.1 Å². The number of fused-ring (bicyclic) bond motifs is 1. The third kappa shape index (κ3) is 2.99. The molecule has 0 saturated carbocycles. The van der Waals surface area contributed by atoms with E-state index in [0.29, 0.717) is 16.3 Å². The molecule has 2 heterocycles. The van der Waals surface area contributed by atoms with Crippen LogP contribution in [0.4, 0.5) is 14.5 Å². The summed E-state index contributed by atoms with van der Waals surface area (Å²) in [5, 5.41) is 13.0. The van der Waals surface area contributed by atoms with Gasteiger partial charge in [0.05, 0.1) is 11.1 Å². The fourth-order valence-corrected chi connectivity index (χ4v) is 4.18. The van der Waals surface area contributed by atoms with E-state index in [0.717, 1.165) is 22.6 Å². The number of aromatic hydroxyl groups is 1. The van der Waals surface area contributed by atoms with E-state index in [9.17, 15) is 23.5 Å². The van der Waals surface area contributed by atoms with Crippen LogP contribution < -0.4 is 10.5 Å². The highest BCUT2D eigenvalue weighted by Gasteiger charge is 2.28. The van der Waals surface area contributed by atoms with Crippen LogP contribution in [-0.4, -0.2) is 22.6 Å². The summed E-state index contributed by atoms with van der Waals surface area (Å²) in [6.07, 6.45) is 0. The van der Waals surface area contributed by atoms with Gasteiger partial charge in [-0.15, -0.1) is 11.3 Å². The second-order valence-corrected chi connectivity index (χ2v) is 7.43. The summed E-state index contributed by atoms with van der Waals surface area (Å²) in [5.41, 5.74) is -0.516. The highest BCUT2D eigenvalue weighted by atomic mass is 32.1. The molecule has 0 saturated heterocycles. The van der Waals surface area contributed by atoms with Gasteiger partial charge < -0.3 is 14.6 Å². The van der Waals surface area contributed by atoms with Gasteiger partial charge in [0, 0.05) is 20.2 Å². The van der Waals surface area contributed by atoms with E-state index in [1.165, 1.54) is 30.0 Å². The van der Waals surface area contributed by atoms with Gasteiger partial charge in [-0.25, -0.2) is 8.78 Å². The molecule has 0 atom stereocenters. The molecule has 0 spiro atoms. The first-order valence-corrected chi connectivity index (χ1v) is 9.09. The summed E-state index contributed by atoms with van der Waals surface area (Å²) in [4.78, 5) is 27.1. The van der Waals surface area contributed by atoms with Crippen molar-refractivity contribution in [3.05, 3.63) is 56.7 Å². The Kier molecular flexibility index (Phi) is 4.77. The molecule has 2 aromatic heterocycles. The lowest BCUT2D eigenvalue weighted by Gasteiger charge is -2.19. The largest absolute Gasteiger partial charge is 0.506 e. The van der Waals surface area contributed by atoms with Gasteiger partial charge in [0.25, 0.3) is 11.5 Å². The first-order valence-electron chi connectivity index (χ1n) is 8.21. The van der Waals surface area contributed by atoms with Gasteiger partial charge in [-0.2, -0.15) is 0 Å². The Bertz CT molecular complexity index is 1120. The number of rotatable bonds is 3. The van der Waals surface area contributed by atoms with E-state index in [1.807, 2.05) is 19.2 Å². The molecule has 27 heavy (non-hydrogen) atoms. The van der Waals surface area contributed by atoms with Crippen LogP contribution in [0, 0.1) is 11.6 Å². The summed E-state index contributed by atoms with van der Waals surface area (Å²) < 4.78 is 28.5. The van der Waals surface area contributed by atoms with Crippen LogP contribution in [0.15, 0.2) is 28.4 Å². The van der Waals surface area contributed by atoms with Crippen LogP contribution in [0.5, 0.6) is 5.75 Å². The number of aromatic nitrogens is 1. The van der Waals surface area contributed by atoms with E-state index < -0.39 is 34.4 Å². The number of hydrogen-bond acceptors (Lipinski definition) is 4. The smallest absolute Gasteiger partial charge is 0.268 e. The molecule has 1 aromatic carbocycles. The zero-order chi connectivity index (χ0) is 20.0. The van der Waals surface area contributed by atoms with Crippen LogP contribution in [-0.2, 0) is 7.05 Å². The number of aryl methyl sites for hydroxylation is 1. The Morgan fingerprint density at radius 3 is 2.56 bits per heavy atom. The van der Waals surface area contributed by atoms with Gasteiger partial charge in [-0.3, -0.25) is 9.59 Å². The van der Waals surface area contributed by atoms with E-state index in [4.69, 9.17) is 0 Å². The molecular weight excluding hydrogens is 374 g/mol. The standard InChI is InChI=1S/C19H18F2N2O3S/c1-9(2)11-8-27-19-14(11)16(24)15(18(26)23(19)4)17(25)22(3)13-6-5-10(20)7-12(13)21/h5-9,24H,1-4H3. The molecule has 3 aromatic rings. The Labute approximate surface area is 158 Å². The van der Waals surface area contributed by atoms with Gasteiger partial charge in [-0.1, -0.05) is 13.8 Å². The van der Waals surface area contributed by atoms with Crippen molar-refractivity contribution in [2.75, 3.05) is 11.9 Å². The Hall–Kier alpha value is -2.74. The zero-order valence-corrected chi connectivity index (χ0v) is 16.0. The Balaban J connectivity index is 2.22. The molecule has 0 aliphatic heterocycles. The molecule has 0 bridgehead atoms. The number of halogens is 2. The maximum Gasteiger partial charge on any atom is 0.268 e. The summed E-state index contributed by atoms with van der Waals surface area (Å²) in [6, 6.07) is 2.77. The van der Waals surface area contributed by atoms with Crippen LogP contribution in [0.25, 0.3) is 10.2 Å². The van der Waals surface area contributed by atoms with E-state index >= 15 is 0 Å². The van der Waals surface area contributed by atoms with E-state index in [2.05, 4.69) is 0 Å². The number of benzene rings is 1. The second-order valence-electron chi connectivity index (χ2n) is 6.57. The van der Waals surface area contributed by atoms with Crippen molar-refractivity contribution in [2.24, 2.45) is 7.05 Å². The second kappa shape index (κ2) is 6.77. The number of amides is 1. The first kappa shape index (κ1) is 19.0. The lowest BCUT2D eigenvalue weighted by molar-refractivity contribution is 0.0988. The highest BCUT2D eigenvalue weighted by Crippen LogP contribution is 2.38. The molecule has 0 aliphatic carbocycles. The summed E-state index contributed by atoms with van der Waals surface area (Å²) in [5.74, 6) is -2.95. The molecule has 3 rings (SSSR count). The molecule has 1 amide bonds. The van der Waals surface area contributed by atoms with Gasteiger partial charge in [0.1, 0.15) is 27.8 Å². The molecule has 0 radical (unpaired) electrons. The molecule has 142 valence electrons. The predicted octanol–water partition coefficient (Wildman–Crippen LogP) is 3.98. The van der Waals surface area contributed by atoms with Gasteiger partial charge in [0.15, 0.2) is 0 Å². The third-order valence-electron chi connectivity index (χ3n) is 4.51. The van der Waals surface area contributed by atoms with Gasteiger partial charge >= 0.3 is 0 Å². The Morgan fingerprint density at radius 1 is 1.30 bits per heavy atom. The van der Waals surface area contributed by atoms with Crippen LogP contribution in [0.3, 0.4) is 0 Å². The third-order valence-corrected chi connectivity index (χ3v) is 5.58. The molecule has 1 N–H and O–H groups in total. The molecule has 0 unspecified atom stereocenters. The van der Waals surface area contributed by atoms with E-state index in [-0.39, 0.29) is 11.6 Å². The molecule has 8 heteroatoms. The summed E-state index contributed by atoms with van der Waals surface area (Å²) >= 11 is 1.30. The number of carbonyl (C=O) groups excluding carboxylic acids is 1. The van der Waals surface area contributed by atoms with Crippen LogP contribution in [0.1, 0.15) is 35.7 Å². The minimum absolute atomic E-state index is 0.0670. The van der Waals surface area contributed by atoms with Crippen molar-refractivity contribution in [1.29, 1.82) is 0 Å². The van der Waals surface area contributed by atoms with Crippen molar-refractivity contribution in [1.82, 2.24) is 4.57 Å². The van der Waals surface area contributed by atoms with E-state index in [1.54, 1.807) is 0 Å². The molecule has 0 aliphatic rings. The average molecular weight is 392 g/mol. The molecule has 0 fully saturated rings. The predicted molar refractivity (Wildman–Crippen MR) is 102 cm³/mol. The normalized spacial score (nSPS) is 11.4. The average Bonchev–Trinajstić information content (AvgIpc) is 3.05. The maximum absolute atomic E-state index is 14.1. The zero-order valence-electron chi connectivity index (χ0n) is 15.2. The number of nitrogens with zero attached hydrogens (tertiary/aromatic N) is 2. The van der Waals surface area contributed by atoms with Gasteiger partial charge in [-0.05, 0) is 29.0 Å². The van der Waals surface area contributed by atoms with Crippen molar-refractivity contribution < 1.29 is 18.7 Å². The number of pyridine rings is 1. The monoisotopic (exact) mass is 392 g/mol. The minimum Gasteiger partial charge on any atom is -0.506 e. The van der Waals surface area contributed by atoms with Crippen molar-refractivity contribution in [3.63, 3.8) is 0 Å². The van der Waals surface area contributed by atoms with Crippen LogP contribution >= 0.6 is 11.3 Å². The van der Waals surface area contributed by atoms with Crippen molar-refractivity contribution in [2.45, 2.75) is 19.8 Å². The minimum atomic E-state index is -0.943. The van der Waals surface area contributed by atoms with Crippen molar-refractivity contribution in [3.8, 4) is 5.75 Å². The summed E-state index contributed by atoms with van der Waals surface area (Å²) in [6.45, 7) is 3.88. The highest BCUT2D eigenvalue weighted by molar-refractivity contribution is 7.17. The molecule has 5 nitrogen and oxygen atoms in total. The number of hydrogen-bond donors (Lipinski definition) is 1.